The molecule has 1 atom stereocenters. The van der Waals surface area contributed by atoms with E-state index in [1.54, 1.807) is 6.07 Å². The number of phenols is 1. The van der Waals surface area contributed by atoms with Gasteiger partial charge in [0.25, 0.3) is 0 Å². The van der Waals surface area contributed by atoms with Gasteiger partial charge in [0.15, 0.2) is 0 Å². The number of hydrogen-bond donors (Lipinski definition) is 2. The Kier molecular flexibility index (Phi) is 2.74. The van der Waals surface area contributed by atoms with Crippen LogP contribution in [0.15, 0.2) is 30.9 Å². The Morgan fingerprint density at radius 1 is 1.50 bits per heavy atom. The molecule has 0 fully saturated rings. The van der Waals surface area contributed by atoms with E-state index < -0.39 is 6.10 Å². The van der Waals surface area contributed by atoms with Crippen LogP contribution in [0.3, 0.4) is 0 Å². The summed E-state index contributed by atoms with van der Waals surface area (Å²) < 4.78 is 0. The van der Waals surface area contributed by atoms with E-state index in [1.165, 1.54) is 18.2 Å². The zero-order chi connectivity index (χ0) is 9.14. The Hall–Kier alpha value is -0.990. The van der Waals surface area contributed by atoms with E-state index in [9.17, 15) is 10.2 Å². The maximum atomic E-state index is 9.30. The van der Waals surface area contributed by atoms with Gasteiger partial charge < -0.3 is 10.2 Å². The van der Waals surface area contributed by atoms with Gasteiger partial charge in [-0.3, -0.25) is 0 Å². The average molecular weight is 185 g/mol. The molecule has 0 spiro atoms. The molecule has 1 unspecified atom stereocenters. The van der Waals surface area contributed by atoms with Gasteiger partial charge in [0.2, 0.25) is 0 Å². The van der Waals surface area contributed by atoms with Crippen LogP contribution < -0.4 is 0 Å². The first-order valence-electron chi connectivity index (χ1n) is 3.44. The molecule has 0 aliphatic carbocycles. The van der Waals surface area contributed by atoms with Crippen LogP contribution in [0.5, 0.6) is 5.75 Å². The Morgan fingerprint density at radius 2 is 2.17 bits per heavy atom. The lowest BCUT2D eigenvalue weighted by molar-refractivity contribution is 0.224. The summed E-state index contributed by atoms with van der Waals surface area (Å²) in [6.45, 7) is 3.40. The second-order valence-corrected chi connectivity index (χ2v) is 2.82. The second kappa shape index (κ2) is 3.61. The second-order valence-electron chi connectivity index (χ2n) is 2.38. The van der Waals surface area contributed by atoms with E-state index in [2.05, 4.69) is 6.58 Å². The summed E-state index contributed by atoms with van der Waals surface area (Å²) in [5.41, 5.74) is 0.373. The normalized spacial score (nSPS) is 12.5. The van der Waals surface area contributed by atoms with Crippen molar-refractivity contribution < 1.29 is 10.2 Å². The fraction of sp³-hybridized carbons (Fsp3) is 0.111. The van der Waals surface area contributed by atoms with Crippen molar-refractivity contribution in [2.24, 2.45) is 0 Å². The summed E-state index contributed by atoms with van der Waals surface area (Å²) in [5.74, 6) is 0.0202. The Morgan fingerprint density at radius 3 is 2.75 bits per heavy atom. The Balaban J connectivity index is 3.12. The van der Waals surface area contributed by atoms with Gasteiger partial charge in [-0.1, -0.05) is 17.7 Å². The monoisotopic (exact) mass is 184 g/mol. The molecule has 2 N–H and O–H groups in total. The number of halogens is 1. The number of benzene rings is 1. The maximum absolute atomic E-state index is 9.30. The zero-order valence-electron chi connectivity index (χ0n) is 6.37. The molecular weight excluding hydrogens is 176 g/mol. The predicted molar refractivity (Wildman–Crippen MR) is 48.3 cm³/mol. The molecule has 0 aliphatic rings. The van der Waals surface area contributed by atoms with Crippen molar-refractivity contribution in [3.05, 3.63) is 41.4 Å². The Bertz CT molecular complexity index is 297. The van der Waals surface area contributed by atoms with E-state index in [0.29, 0.717) is 10.6 Å². The topological polar surface area (TPSA) is 40.5 Å². The summed E-state index contributed by atoms with van der Waals surface area (Å²) in [6.07, 6.45) is 0.453. The van der Waals surface area contributed by atoms with Crippen LogP contribution in [0.4, 0.5) is 0 Å². The van der Waals surface area contributed by atoms with E-state index in [4.69, 9.17) is 11.6 Å². The fourth-order valence-corrected chi connectivity index (χ4v) is 1.07. The van der Waals surface area contributed by atoms with E-state index in [1.807, 2.05) is 0 Å². The molecule has 64 valence electrons. The molecule has 0 amide bonds. The van der Waals surface area contributed by atoms with Gasteiger partial charge in [-0.05, 0) is 18.2 Å². The maximum Gasteiger partial charge on any atom is 0.121 e. The lowest BCUT2D eigenvalue weighted by atomic mass is 10.1. The summed E-state index contributed by atoms with van der Waals surface area (Å²) in [7, 11) is 0. The number of hydrogen-bond acceptors (Lipinski definition) is 2. The summed E-state index contributed by atoms with van der Waals surface area (Å²) in [5, 5.41) is 19.0. The highest BCUT2D eigenvalue weighted by Gasteiger charge is 2.08. The highest BCUT2D eigenvalue weighted by molar-refractivity contribution is 6.30. The molecule has 2 nitrogen and oxygen atoms in total. The molecular formula is C9H9ClO2. The molecule has 1 rings (SSSR count). The number of aromatic hydroxyl groups is 1. The first-order valence-corrected chi connectivity index (χ1v) is 3.82. The number of rotatable bonds is 2. The molecule has 0 bridgehead atoms. The first-order chi connectivity index (χ1) is 5.65. The number of aliphatic hydroxyl groups excluding tert-OH is 1. The largest absolute Gasteiger partial charge is 0.508 e. The molecule has 0 aromatic heterocycles. The highest BCUT2D eigenvalue weighted by atomic mass is 35.5. The van der Waals surface area contributed by atoms with Crippen LogP contribution in [0, 0.1) is 0 Å². The minimum atomic E-state index is -0.872. The van der Waals surface area contributed by atoms with E-state index in [0.717, 1.165) is 0 Å². The first kappa shape index (κ1) is 9.10. The third-order valence-electron chi connectivity index (χ3n) is 1.53. The lowest BCUT2D eigenvalue weighted by Gasteiger charge is -2.07. The quantitative estimate of drug-likeness (QED) is 0.693. The Labute approximate surface area is 75.7 Å². The highest BCUT2D eigenvalue weighted by Crippen LogP contribution is 2.27. The zero-order valence-corrected chi connectivity index (χ0v) is 7.12. The van der Waals surface area contributed by atoms with Gasteiger partial charge in [-0.2, -0.15) is 0 Å². The minimum absolute atomic E-state index is 0.0202. The van der Waals surface area contributed by atoms with Crippen LogP contribution in [0.1, 0.15) is 11.7 Å². The van der Waals surface area contributed by atoms with Crippen LogP contribution in [0.2, 0.25) is 5.02 Å². The third kappa shape index (κ3) is 1.78. The van der Waals surface area contributed by atoms with Crippen molar-refractivity contribution in [3.8, 4) is 5.75 Å². The standard InChI is InChI=1S/C9H9ClO2/c1-2-8(11)7-5-6(10)3-4-9(7)12/h2-5,8,11-12H,1H2. The van der Waals surface area contributed by atoms with Gasteiger partial charge in [0.1, 0.15) is 11.9 Å². The van der Waals surface area contributed by atoms with Crippen molar-refractivity contribution >= 4 is 11.6 Å². The summed E-state index contributed by atoms with van der Waals surface area (Å²) in [6, 6.07) is 4.49. The van der Waals surface area contributed by atoms with Gasteiger partial charge in [0, 0.05) is 10.6 Å². The third-order valence-corrected chi connectivity index (χ3v) is 1.77. The predicted octanol–water partition coefficient (Wildman–Crippen LogP) is 2.27. The van der Waals surface area contributed by atoms with Crippen molar-refractivity contribution in [2.75, 3.05) is 0 Å². The molecule has 0 aliphatic heterocycles. The van der Waals surface area contributed by atoms with Gasteiger partial charge in [-0.15, -0.1) is 6.58 Å². The smallest absolute Gasteiger partial charge is 0.121 e. The summed E-state index contributed by atoms with van der Waals surface area (Å²) in [4.78, 5) is 0. The molecule has 0 saturated carbocycles. The molecule has 0 heterocycles. The van der Waals surface area contributed by atoms with Gasteiger partial charge in [0.05, 0.1) is 0 Å². The minimum Gasteiger partial charge on any atom is -0.508 e. The molecule has 12 heavy (non-hydrogen) atoms. The van der Waals surface area contributed by atoms with Gasteiger partial charge >= 0.3 is 0 Å². The van der Waals surface area contributed by atoms with Crippen LogP contribution in [-0.4, -0.2) is 10.2 Å². The van der Waals surface area contributed by atoms with Gasteiger partial charge in [-0.25, -0.2) is 0 Å². The average Bonchev–Trinajstić information content (AvgIpc) is 2.08. The van der Waals surface area contributed by atoms with Crippen molar-refractivity contribution in [2.45, 2.75) is 6.10 Å². The van der Waals surface area contributed by atoms with Crippen molar-refractivity contribution in [1.29, 1.82) is 0 Å². The lowest BCUT2D eigenvalue weighted by Crippen LogP contribution is -1.92. The molecule has 3 heteroatoms. The summed E-state index contributed by atoms with van der Waals surface area (Å²) >= 11 is 5.66. The molecule has 1 aromatic rings. The van der Waals surface area contributed by atoms with Crippen LogP contribution in [-0.2, 0) is 0 Å². The number of aliphatic hydroxyl groups is 1. The van der Waals surface area contributed by atoms with Crippen molar-refractivity contribution in [3.63, 3.8) is 0 Å². The fourth-order valence-electron chi connectivity index (χ4n) is 0.889. The van der Waals surface area contributed by atoms with E-state index >= 15 is 0 Å². The van der Waals surface area contributed by atoms with Crippen molar-refractivity contribution in [1.82, 2.24) is 0 Å². The molecule has 1 aromatic carbocycles. The number of phenolic OH excluding ortho intramolecular Hbond substituents is 1. The SMILES string of the molecule is C=CC(O)c1cc(Cl)ccc1O. The molecule has 0 radical (unpaired) electrons. The molecule has 0 saturated heterocycles. The van der Waals surface area contributed by atoms with E-state index in [-0.39, 0.29) is 5.75 Å². The van der Waals surface area contributed by atoms with Crippen LogP contribution in [0.25, 0.3) is 0 Å². The van der Waals surface area contributed by atoms with Crippen LogP contribution >= 0.6 is 11.6 Å².